The number of hydrogen-bond acceptors (Lipinski definition) is 23. The second kappa shape index (κ2) is 46.5. The molecule has 0 spiro atoms. The Morgan fingerprint density at radius 3 is 1.25 bits per heavy atom. The molecule has 2 atom stereocenters. The summed E-state index contributed by atoms with van der Waals surface area (Å²) in [6.45, 7) is 10.2. The fraction of sp³-hybridized carbons (Fsp3) is 1.00. The van der Waals surface area contributed by atoms with Gasteiger partial charge in [-0.25, -0.2) is 0 Å². The summed E-state index contributed by atoms with van der Waals surface area (Å²) in [6, 6.07) is -0.323. The van der Waals surface area contributed by atoms with Gasteiger partial charge in [0.1, 0.15) is 7.59 Å². The van der Waals surface area contributed by atoms with E-state index in [1.54, 1.807) is 34.4 Å². The molecular formula is C27H69F3O24Si16Y. The van der Waals surface area contributed by atoms with Crippen molar-refractivity contribution in [1.82, 2.24) is 0 Å². The summed E-state index contributed by atoms with van der Waals surface area (Å²) >= 11 is 0. The Labute approximate surface area is 461 Å². The van der Waals surface area contributed by atoms with Crippen LogP contribution in [0.3, 0.4) is 0 Å². The zero-order valence-corrected chi connectivity index (χ0v) is 61.7. The molecule has 44 heteroatoms. The van der Waals surface area contributed by atoms with E-state index in [2.05, 4.69) is 0 Å². The molecule has 71 heavy (non-hydrogen) atoms. The molecule has 0 aromatic rings. The van der Waals surface area contributed by atoms with Crippen molar-refractivity contribution in [1.29, 1.82) is 0 Å². The molecule has 409 valence electrons. The molecule has 1 radical (unpaired) electrons. The SMILES string of the molecule is COCCOCCOCCOCCOCCOCCOCCOCCC[Si](C)(O[SiH2][Si](=O)[Si](=O)[Si](=O)[Si](=O)[Si](=O)[Si](=O)[Si](=O)[Si](C)(CCC(F)(F)F)C(C)(C)C)[Si](O[SiH2]O)([SiH2]O)[SiH2]O.O=[SiH]O.O=[Si]=O.[Y]. The van der Waals surface area contributed by atoms with E-state index in [0.717, 1.165) is 0 Å². The third kappa shape index (κ3) is 35.0. The number of methoxy groups -OCH3 is 1. The Kier molecular flexibility index (Phi) is 51.9. The maximum Gasteiger partial charge on any atom is 0.549 e. The average molecular weight is 1370 g/mol. The predicted molar refractivity (Wildman–Crippen MR) is 266 cm³/mol. The van der Waals surface area contributed by atoms with Crippen LogP contribution in [0.4, 0.5) is 13.2 Å². The molecule has 24 nitrogen and oxygen atoms in total. The van der Waals surface area contributed by atoms with Crippen LogP contribution >= 0.6 is 0 Å². The summed E-state index contributed by atoms with van der Waals surface area (Å²) in [5, 5.41) is -0.977. The second-order valence-corrected chi connectivity index (χ2v) is 91.2. The van der Waals surface area contributed by atoms with Crippen LogP contribution < -0.4 is 0 Å². The van der Waals surface area contributed by atoms with Gasteiger partial charge in [-0.15, -0.1) is 0 Å². The largest absolute Gasteiger partial charge is 0.549 e. The summed E-state index contributed by atoms with van der Waals surface area (Å²) in [5.74, 6) is 0. The van der Waals surface area contributed by atoms with Gasteiger partial charge in [-0.2, -0.15) is 13.2 Å². The molecular weight excluding hydrogens is 1300 g/mol. The van der Waals surface area contributed by atoms with Crippen molar-refractivity contribution in [2.45, 2.75) is 70.0 Å². The van der Waals surface area contributed by atoms with Gasteiger partial charge in [0, 0.05) is 52.8 Å². The van der Waals surface area contributed by atoms with Crippen molar-refractivity contribution in [3.63, 3.8) is 0 Å². The van der Waals surface area contributed by atoms with Crippen LogP contribution in [0.25, 0.3) is 0 Å². The van der Waals surface area contributed by atoms with Crippen molar-refractivity contribution in [2.24, 2.45) is 0 Å². The van der Waals surface area contributed by atoms with Crippen molar-refractivity contribution in [3.05, 3.63) is 0 Å². The van der Waals surface area contributed by atoms with Gasteiger partial charge >= 0.3 is 79.1 Å². The molecule has 0 aromatic carbocycles. The van der Waals surface area contributed by atoms with Crippen LogP contribution in [0.15, 0.2) is 0 Å². The molecule has 0 bridgehead atoms. The van der Waals surface area contributed by atoms with Crippen LogP contribution in [0.5, 0.6) is 0 Å². The van der Waals surface area contributed by atoms with Crippen LogP contribution in [-0.2, 0) is 123 Å². The molecule has 2 unspecified atom stereocenters. The van der Waals surface area contributed by atoms with Crippen molar-refractivity contribution in [2.75, 3.05) is 106 Å². The Bertz CT molecular complexity index is 1620. The minimum Gasteiger partial charge on any atom is -0.541 e. The van der Waals surface area contributed by atoms with Gasteiger partial charge in [-0.3, -0.25) is 8.92 Å². The number of alkyl halides is 3. The standard InChI is InChI=1S/C27H67F3O20Si14.H2O2Si.O2Si.Y/c1-26(2,3)62(5,25-8-27(28,29)30)61(40)60(39)59(38)58(37)57(36)56(35)55(34)54-50-63(6,64(52-32,53-33)49-51-31)24-7-9-42-12-13-44-16-17-46-20-21-48-23-22-47-19-18-45-15-14-43-11-10-41-4;2*1-3-2;/h31-33H,7-25,51-54H2,1-6H3;1,3H;;. The normalized spacial score (nSPS) is 14.4. The summed E-state index contributed by atoms with van der Waals surface area (Å²) < 4.78 is 213. The van der Waals surface area contributed by atoms with E-state index >= 15 is 0 Å². The minimum absolute atomic E-state index is 0. The zero-order valence-electron chi connectivity index (χ0n) is 41.0. The molecule has 0 rings (SSSR count). The van der Waals surface area contributed by atoms with Crippen molar-refractivity contribution < 1.29 is 156 Å². The van der Waals surface area contributed by atoms with Gasteiger partial charge < -0.3 is 101 Å². The van der Waals surface area contributed by atoms with Gasteiger partial charge in [-0.1, -0.05) is 27.3 Å². The fourth-order valence-corrected chi connectivity index (χ4v) is 143. The van der Waals surface area contributed by atoms with Crippen LogP contribution in [0.2, 0.25) is 30.2 Å². The number of ether oxygens (including phenoxy) is 8. The molecule has 0 aliphatic rings. The summed E-state index contributed by atoms with van der Waals surface area (Å²) in [6.07, 6.45) is -5.55. The van der Waals surface area contributed by atoms with E-state index in [1.807, 2.05) is 0 Å². The maximum absolute atomic E-state index is 13.5. The summed E-state index contributed by atoms with van der Waals surface area (Å²) in [5.41, 5.74) is 0. The topological polar surface area (TPSA) is 344 Å². The minimum atomic E-state index is -4.60. The third-order valence-corrected chi connectivity index (χ3v) is 127. The van der Waals surface area contributed by atoms with Crippen LogP contribution in [-0.4, -0.2) is 265 Å². The second-order valence-electron chi connectivity index (χ2n) is 15.8. The molecule has 0 heterocycles. The first-order chi connectivity index (χ1) is 32.9. The molecule has 0 saturated heterocycles. The van der Waals surface area contributed by atoms with Gasteiger partial charge in [0.25, 0.3) is 10.0 Å². The van der Waals surface area contributed by atoms with E-state index in [-0.39, 0.29) is 58.6 Å². The number of hydrogen-bond donors (Lipinski definition) is 4. The van der Waals surface area contributed by atoms with Crippen molar-refractivity contribution >= 4 is 133 Å². The van der Waals surface area contributed by atoms with E-state index in [4.69, 9.17) is 64.3 Å². The monoisotopic (exact) mass is 1370 g/mol. The first-order valence-electron chi connectivity index (χ1n) is 21.4. The van der Waals surface area contributed by atoms with E-state index in [0.29, 0.717) is 85.7 Å². The Morgan fingerprint density at radius 1 is 0.592 bits per heavy atom. The van der Waals surface area contributed by atoms with Gasteiger partial charge in [0.05, 0.1) is 92.5 Å². The molecule has 0 saturated carbocycles. The van der Waals surface area contributed by atoms with Gasteiger partial charge in [0.2, 0.25) is 16.2 Å². The number of halogens is 3. The van der Waals surface area contributed by atoms with E-state index in [9.17, 15) is 58.8 Å². The quantitative estimate of drug-likeness (QED) is 0.0326. The molecule has 0 fully saturated rings. The Morgan fingerprint density at radius 2 is 0.930 bits per heavy atom. The van der Waals surface area contributed by atoms with Crippen LogP contribution in [0, 0.1) is 0 Å². The molecule has 0 amide bonds. The maximum atomic E-state index is 13.5. The Hall–Kier alpha value is 1.64. The van der Waals surface area contributed by atoms with Crippen molar-refractivity contribution in [3.8, 4) is 0 Å². The smallest absolute Gasteiger partial charge is 0.541 e. The van der Waals surface area contributed by atoms with Gasteiger partial charge in [-0.05, 0) is 30.1 Å². The molecule has 0 aromatic heterocycles. The Balaban J connectivity index is -0.00000303. The zero-order chi connectivity index (χ0) is 54.3. The average Bonchev–Trinajstić information content (AvgIpc) is 3.31. The first kappa shape index (κ1) is 79.1. The molecule has 0 aliphatic heterocycles. The van der Waals surface area contributed by atoms with Gasteiger partial charge in [0.15, 0.2) is 26.4 Å². The molecule has 4 N–H and O–H groups in total. The third-order valence-electron chi connectivity index (χ3n) is 10.3. The number of rotatable bonds is 42. The van der Waals surface area contributed by atoms with Crippen LogP contribution in [0.1, 0.15) is 33.6 Å². The van der Waals surface area contributed by atoms with E-state index in [1.165, 1.54) is 6.55 Å². The fourth-order valence-electron chi connectivity index (χ4n) is 5.56. The summed E-state index contributed by atoms with van der Waals surface area (Å²) in [4.78, 5) is 37.9. The summed E-state index contributed by atoms with van der Waals surface area (Å²) in [7, 11) is -42.9. The predicted octanol–water partition coefficient (Wildman–Crippen LogP) is -6.12. The first-order valence-corrected chi connectivity index (χ1v) is 58.4. The molecule has 0 aliphatic carbocycles. The van der Waals surface area contributed by atoms with E-state index < -0.39 is 157 Å².